The fourth-order valence-corrected chi connectivity index (χ4v) is 3.63. The first kappa shape index (κ1) is 15.6. The number of pyridine rings is 2. The highest BCUT2D eigenvalue weighted by Gasteiger charge is 2.12. The molecule has 1 N–H and O–H groups in total. The Morgan fingerprint density at radius 2 is 1.85 bits per heavy atom. The summed E-state index contributed by atoms with van der Waals surface area (Å²) in [5.41, 5.74) is 3.90. The quantitative estimate of drug-likeness (QED) is 0.530. The van der Waals surface area contributed by atoms with Crippen molar-refractivity contribution < 1.29 is 4.74 Å². The monoisotopic (exact) mass is 355 g/mol. The van der Waals surface area contributed by atoms with E-state index < -0.39 is 0 Å². The third kappa shape index (κ3) is 2.47. The van der Waals surface area contributed by atoms with Crippen molar-refractivity contribution in [1.29, 1.82) is 0 Å². The lowest BCUT2D eigenvalue weighted by atomic mass is 10.1. The molecule has 3 aromatic heterocycles. The molecule has 0 bridgehead atoms. The van der Waals surface area contributed by atoms with Gasteiger partial charge in [0.1, 0.15) is 5.75 Å². The number of nitrogens with one attached hydrogen (secondary N) is 1. The Morgan fingerprint density at radius 3 is 2.67 bits per heavy atom. The summed E-state index contributed by atoms with van der Waals surface area (Å²) in [7, 11) is 1.64. The number of benzene rings is 2. The lowest BCUT2D eigenvalue weighted by Crippen LogP contribution is -2.20. The van der Waals surface area contributed by atoms with Gasteiger partial charge in [-0.1, -0.05) is 12.1 Å². The molecule has 0 amide bonds. The van der Waals surface area contributed by atoms with E-state index in [9.17, 15) is 4.79 Å². The summed E-state index contributed by atoms with van der Waals surface area (Å²) in [6, 6.07) is 17.5. The Balaban J connectivity index is 1.67. The largest absolute Gasteiger partial charge is 0.497 e. The lowest BCUT2D eigenvalue weighted by molar-refractivity contribution is 0.414. The lowest BCUT2D eigenvalue weighted by Gasteiger charge is -2.09. The molecule has 27 heavy (non-hydrogen) atoms. The van der Waals surface area contributed by atoms with E-state index in [0.29, 0.717) is 11.9 Å². The van der Waals surface area contributed by atoms with Crippen molar-refractivity contribution in [2.75, 3.05) is 7.11 Å². The van der Waals surface area contributed by atoms with Gasteiger partial charge in [-0.25, -0.2) is 0 Å². The molecule has 0 aliphatic rings. The van der Waals surface area contributed by atoms with Crippen molar-refractivity contribution in [3.05, 3.63) is 82.9 Å². The fourth-order valence-electron chi connectivity index (χ4n) is 3.63. The van der Waals surface area contributed by atoms with E-state index in [2.05, 4.69) is 9.97 Å². The van der Waals surface area contributed by atoms with Gasteiger partial charge >= 0.3 is 0 Å². The number of hydrogen-bond donors (Lipinski definition) is 1. The second-order valence-corrected chi connectivity index (χ2v) is 6.57. The molecule has 5 aromatic rings. The van der Waals surface area contributed by atoms with Crippen LogP contribution in [0.2, 0.25) is 0 Å². The minimum absolute atomic E-state index is 0.00417. The summed E-state index contributed by atoms with van der Waals surface area (Å²) in [5, 5.41) is 2.62. The predicted octanol–water partition coefficient (Wildman–Crippen LogP) is 4.09. The Kier molecular flexibility index (Phi) is 3.47. The second kappa shape index (κ2) is 5.99. The van der Waals surface area contributed by atoms with E-state index in [0.717, 1.165) is 38.6 Å². The number of aromatic nitrogens is 3. The first-order chi connectivity index (χ1) is 13.2. The van der Waals surface area contributed by atoms with Gasteiger partial charge in [-0.15, -0.1) is 0 Å². The van der Waals surface area contributed by atoms with Gasteiger partial charge in [0.15, 0.2) is 0 Å². The zero-order chi connectivity index (χ0) is 18.4. The van der Waals surface area contributed by atoms with Crippen LogP contribution in [0.25, 0.3) is 32.7 Å². The number of H-pyrrole nitrogens is 1. The predicted molar refractivity (Wildman–Crippen MR) is 107 cm³/mol. The Morgan fingerprint density at radius 1 is 1.00 bits per heavy atom. The maximum Gasteiger partial charge on any atom is 0.258 e. The van der Waals surface area contributed by atoms with Crippen LogP contribution < -0.4 is 10.3 Å². The number of aromatic amines is 1. The molecule has 0 spiro atoms. The number of nitrogens with zero attached hydrogens (tertiary/aromatic N) is 2. The molecule has 2 aromatic carbocycles. The van der Waals surface area contributed by atoms with E-state index in [1.807, 2.05) is 60.8 Å². The van der Waals surface area contributed by atoms with Gasteiger partial charge in [-0.2, -0.15) is 0 Å². The van der Waals surface area contributed by atoms with Gasteiger partial charge in [-0.05, 0) is 48.0 Å². The molecular formula is C22H17N3O2. The third-order valence-electron chi connectivity index (χ3n) is 4.98. The highest BCUT2D eigenvalue weighted by molar-refractivity contribution is 6.18. The molecule has 5 heteroatoms. The van der Waals surface area contributed by atoms with Crippen LogP contribution in [-0.4, -0.2) is 21.6 Å². The maximum absolute atomic E-state index is 13.1. The Labute approximate surface area is 154 Å². The standard InChI is InChI=1S/C22H17N3O2/c1-27-15-6-4-14(5-7-15)13-25-12-10-16-17(22(25)26)8-9-18-20(16)21-19(24-18)3-2-11-23-21/h2-12,24H,13H2,1H3. The van der Waals surface area contributed by atoms with Crippen LogP contribution in [0.3, 0.4) is 0 Å². The van der Waals surface area contributed by atoms with Gasteiger partial charge in [-0.3, -0.25) is 9.78 Å². The Hall–Kier alpha value is -3.60. The van der Waals surface area contributed by atoms with Gasteiger partial charge in [0.25, 0.3) is 5.56 Å². The van der Waals surface area contributed by atoms with Crippen molar-refractivity contribution in [2.24, 2.45) is 0 Å². The van der Waals surface area contributed by atoms with E-state index in [-0.39, 0.29) is 5.56 Å². The Bertz CT molecular complexity index is 1350. The average Bonchev–Trinajstić information content (AvgIpc) is 3.09. The van der Waals surface area contributed by atoms with Crippen molar-refractivity contribution in [1.82, 2.24) is 14.5 Å². The number of ether oxygens (including phenoxy) is 1. The number of hydrogen-bond acceptors (Lipinski definition) is 3. The highest BCUT2D eigenvalue weighted by atomic mass is 16.5. The molecular weight excluding hydrogens is 338 g/mol. The first-order valence-corrected chi connectivity index (χ1v) is 8.76. The molecule has 0 radical (unpaired) electrons. The molecule has 5 nitrogen and oxygen atoms in total. The molecule has 3 heterocycles. The van der Waals surface area contributed by atoms with Crippen LogP contribution in [0, 0.1) is 0 Å². The van der Waals surface area contributed by atoms with Crippen LogP contribution in [0.4, 0.5) is 0 Å². The smallest absolute Gasteiger partial charge is 0.258 e. The minimum Gasteiger partial charge on any atom is -0.497 e. The maximum atomic E-state index is 13.1. The van der Waals surface area contributed by atoms with Crippen LogP contribution in [-0.2, 0) is 6.54 Å². The van der Waals surface area contributed by atoms with Gasteiger partial charge in [0, 0.05) is 34.1 Å². The minimum atomic E-state index is -0.00417. The van der Waals surface area contributed by atoms with Crippen molar-refractivity contribution in [3.63, 3.8) is 0 Å². The molecule has 0 aliphatic carbocycles. The second-order valence-electron chi connectivity index (χ2n) is 6.57. The summed E-state index contributed by atoms with van der Waals surface area (Å²) in [5.74, 6) is 0.804. The number of fused-ring (bicyclic) bond motifs is 5. The van der Waals surface area contributed by atoms with Gasteiger partial charge < -0.3 is 14.3 Å². The van der Waals surface area contributed by atoms with Crippen LogP contribution in [0.15, 0.2) is 71.8 Å². The summed E-state index contributed by atoms with van der Waals surface area (Å²) in [6.45, 7) is 0.517. The van der Waals surface area contributed by atoms with Crippen LogP contribution in [0.1, 0.15) is 5.56 Å². The first-order valence-electron chi connectivity index (χ1n) is 8.76. The molecule has 0 fully saturated rings. The molecule has 0 aliphatic heterocycles. The summed E-state index contributed by atoms with van der Waals surface area (Å²) in [4.78, 5) is 20.9. The summed E-state index contributed by atoms with van der Waals surface area (Å²) < 4.78 is 6.93. The molecule has 5 rings (SSSR count). The van der Waals surface area contributed by atoms with Crippen molar-refractivity contribution in [2.45, 2.75) is 6.54 Å². The average molecular weight is 355 g/mol. The summed E-state index contributed by atoms with van der Waals surface area (Å²) >= 11 is 0. The number of methoxy groups -OCH3 is 1. The normalized spacial score (nSPS) is 11.4. The SMILES string of the molecule is COc1ccc(Cn2ccc3c(ccc4[nH]c5cccnc5c43)c2=O)cc1. The highest BCUT2D eigenvalue weighted by Crippen LogP contribution is 2.29. The van der Waals surface area contributed by atoms with E-state index >= 15 is 0 Å². The number of rotatable bonds is 3. The molecule has 0 saturated carbocycles. The van der Waals surface area contributed by atoms with E-state index in [1.54, 1.807) is 17.9 Å². The van der Waals surface area contributed by atoms with E-state index in [1.165, 1.54) is 0 Å². The van der Waals surface area contributed by atoms with E-state index in [4.69, 9.17) is 4.74 Å². The zero-order valence-electron chi connectivity index (χ0n) is 14.8. The van der Waals surface area contributed by atoms with Crippen LogP contribution >= 0.6 is 0 Å². The van der Waals surface area contributed by atoms with Gasteiger partial charge in [0.2, 0.25) is 0 Å². The molecule has 132 valence electrons. The fraction of sp³-hybridized carbons (Fsp3) is 0.0909. The van der Waals surface area contributed by atoms with Crippen molar-refractivity contribution in [3.8, 4) is 5.75 Å². The van der Waals surface area contributed by atoms with Gasteiger partial charge in [0.05, 0.1) is 24.7 Å². The third-order valence-corrected chi connectivity index (χ3v) is 4.98. The summed E-state index contributed by atoms with van der Waals surface area (Å²) in [6.07, 6.45) is 3.63. The van der Waals surface area contributed by atoms with Crippen LogP contribution in [0.5, 0.6) is 5.75 Å². The van der Waals surface area contributed by atoms with Crippen molar-refractivity contribution >= 4 is 32.7 Å². The topological polar surface area (TPSA) is 59.9 Å². The zero-order valence-corrected chi connectivity index (χ0v) is 14.8. The molecule has 0 saturated heterocycles. The molecule has 0 atom stereocenters. The molecule has 0 unspecified atom stereocenters.